The largest absolute Gasteiger partial charge is 0.356 e. The first-order valence-corrected chi connectivity index (χ1v) is 9.92. The van der Waals surface area contributed by atoms with Gasteiger partial charge in [0.1, 0.15) is 0 Å². The number of carbonyl (C=O) groups is 2. The fraction of sp³-hybridized carbons (Fsp3) is 0.529. The monoisotopic (exact) mass is 350 g/mol. The second kappa shape index (κ2) is 6.55. The standard InChI is InChI=1S/C17H22N2O4S/c20-15(7-12-24(22,23)14-5-2-1-3-6-14)19-11-9-17(13-19)8-4-10-18-16(17)21/h1-3,5-6H,4,7-13H2,(H,18,21)/t17-/m1/s1. The summed E-state index contributed by atoms with van der Waals surface area (Å²) in [5.74, 6) is -0.364. The Kier molecular flexibility index (Phi) is 4.62. The Bertz CT molecular complexity index is 732. The number of carbonyl (C=O) groups excluding carboxylic acids is 2. The number of sulfone groups is 1. The molecule has 1 N–H and O–H groups in total. The number of piperidine rings is 1. The third-order valence-corrected chi connectivity index (χ3v) is 6.72. The van der Waals surface area contributed by atoms with E-state index in [2.05, 4.69) is 5.32 Å². The van der Waals surface area contributed by atoms with Gasteiger partial charge in [-0.1, -0.05) is 18.2 Å². The minimum atomic E-state index is -3.46. The van der Waals surface area contributed by atoms with Crippen molar-refractivity contribution in [3.05, 3.63) is 30.3 Å². The van der Waals surface area contributed by atoms with Crippen LogP contribution in [0.15, 0.2) is 35.2 Å². The fourth-order valence-electron chi connectivity index (χ4n) is 3.53. The van der Waals surface area contributed by atoms with E-state index < -0.39 is 15.3 Å². The van der Waals surface area contributed by atoms with Crippen LogP contribution in [-0.2, 0) is 19.4 Å². The molecule has 0 unspecified atom stereocenters. The van der Waals surface area contributed by atoms with Gasteiger partial charge in [0.25, 0.3) is 0 Å². The van der Waals surface area contributed by atoms with Crippen LogP contribution in [0.4, 0.5) is 0 Å². The van der Waals surface area contributed by atoms with E-state index in [0.29, 0.717) is 26.1 Å². The molecule has 0 radical (unpaired) electrons. The summed E-state index contributed by atoms with van der Waals surface area (Å²) in [6.45, 7) is 1.63. The zero-order valence-electron chi connectivity index (χ0n) is 13.5. The topological polar surface area (TPSA) is 83.6 Å². The highest BCUT2D eigenvalue weighted by Gasteiger charge is 2.46. The summed E-state index contributed by atoms with van der Waals surface area (Å²) in [6, 6.07) is 8.17. The van der Waals surface area contributed by atoms with Gasteiger partial charge in [-0.05, 0) is 31.4 Å². The van der Waals surface area contributed by atoms with Crippen LogP contribution in [0.25, 0.3) is 0 Å². The number of nitrogens with one attached hydrogen (secondary N) is 1. The van der Waals surface area contributed by atoms with Gasteiger partial charge < -0.3 is 10.2 Å². The van der Waals surface area contributed by atoms with Gasteiger partial charge in [-0.2, -0.15) is 0 Å². The number of hydrogen-bond donors (Lipinski definition) is 1. The highest BCUT2D eigenvalue weighted by Crippen LogP contribution is 2.37. The summed E-state index contributed by atoms with van der Waals surface area (Å²) in [5.41, 5.74) is -0.466. The zero-order valence-corrected chi connectivity index (χ0v) is 14.3. The predicted molar refractivity (Wildman–Crippen MR) is 89.0 cm³/mol. The first-order valence-electron chi connectivity index (χ1n) is 8.27. The lowest BCUT2D eigenvalue weighted by atomic mass is 9.79. The van der Waals surface area contributed by atoms with E-state index >= 15 is 0 Å². The van der Waals surface area contributed by atoms with Crippen molar-refractivity contribution in [2.75, 3.05) is 25.4 Å². The molecule has 0 bridgehead atoms. The SMILES string of the molecule is O=C(CCS(=O)(=O)c1ccccc1)N1CC[C@]2(CCCNC2=O)C1. The second-order valence-corrected chi connectivity index (χ2v) is 8.70. The average molecular weight is 350 g/mol. The Morgan fingerprint density at radius 3 is 2.67 bits per heavy atom. The third kappa shape index (κ3) is 3.31. The van der Waals surface area contributed by atoms with E-state index in [4.69, 9.17) is 0 Å². The molecule has 0 saturated carbocycles. The van der Waals surface area contributed by atoms with Crippen LogP contribution in [0.5, 0.6) is 0 Å². The number of likely N-dealkylation sites (tertiary alicyclic amines) is 1. The molecule has 1 spiro atoms. The molecular weight excluding hydrogens is 328 g/mol. The van der Waals surface area contributed by atoms with Gasteiger partial charge in [0, 0.05) is 26.1 Å². The summed E-state index contributed by atoms with van der Waals surface area (Å²) in [4.78, 5) is 26.4. The molecule has 6 nitrogen and oxygen atoms in total. The molecule has 1 aromatic rings. The Labute approximate surface area is 142 Å². The van der Waals surface area contributed by atoms with E-state index in [0.717, 1.165) is 12.8 Å². The summed E-state index contributed by atoms with van der Waals surface area (Å²) < 4.78 is 24.5. The lowest BCUT2D eigenvalue weighted by Crippen LogP contribution is -2.47. The maximum Gasteiger partial charge on any atom is 0.228 e. The van der Waals surface area contributed by atoms with Crippen LogP contribution >= 0.6 is 0 Å². The van der Waals surface area contributed by atoms with Crippen molar-refractivity contribution in [1.29, 1.82) is 0 Å². The van der Waals surface area contributed by atoms with Crippen molar-refractivity contribution in [3.63, 3.8) is 0 Å². The lowest BCUT2D eigenvalue weighted by Gasteiger charge is -2.32. The van der Waals surface area contributed by atoms with Crippen LogP contribution in [0.1, 0.15) is 25.7 Å². The molecule has 7 heteroatoms. The molecule has 1 aromatic carbocycles. The minimum absolute atomic E-state index is 0.0287. The van der Waals surface area contributed by atoms with Gasteiger partial charge >= 0.3 is 0 Å². The molecule has 0 aromatic heterocycles. The van der Waals surface area contributed by atoms with E-state index in [9.17, 15) is 18.0 Å². The molecule has 2 saturated heterocycles. The molecule has 24 heavy (non-hydrogen) atoms. The van der Waals surface area contributed by atoms with Crippen LogP contribution in [-0.4, -0.2) is 50.5 Å². The van der Waals surface area contributed by atoms with E-state index in [-0.39, 0.29) is 28.9 Å². The molecule has 2 fully saturated rings. The lowest BCUT2D eigenvalue weighted by molar-refractivity contribution is -0.134. The van der Waals surface area contributed by atoms with Crippen LogP contribution in [0.3, 0.4) is 0 Å². The maximum absolute atomic E-state index is 12.4. The van der Waals surface area contributed by atoms with Crippen LogP contribution in [0.2, 0.25) is 0 Å². The van der Waals surface area contributed by atoms with Crippen LogP contribution < -0.4 is 5.32 Å². The van der Waals surface area contributed by atoms with Crippen molar-refractivity contribution >= 4 is 21.7 Å². The van der Waals surface area contributed by atoms with Crippen molar-refractivity contribution in [2.45, 2.75) is 30.6 Å². The van der Waals surface area contributed by atoms with Crippen LogP contribution in [0, 0.1) is 5.41 Å². The van der Waals surface area contributed by atoms with Gasteiger partial charge in [-0.15, -0.1) is 0 Å². The molecule has 0 aliphatic carbocycles. The fourth-order valence-corrected chi connectivity index (χ4v) is 4.78. The first-order chi connectivity index (χ1) is 11.4. The molecular formula is C17H22N2O4S. The first kappa shape index (κ1) is 17.0. The molecule has 1 atom stereocenters. The van der Waals surface area contributed by atoms with Gasteiger partial charge in [-0.25, -0.2) is 8.42 Å². The highest BCUT2D eigenvalue weighted by atomic mass is 32.2. The number of rotatable bonds is 4. The zero-order chi connectivity index (χ0) is 17.2. The summed E-state index contributed by atoms with van der Waals surface area (Å²) in [7, 11) is -3.46. The molecule has 130 valence electrons. The Hall–Kier alpha value is -1.89. The maximum atomic E-state index is 12.4. The Balaban J connectivity index is 1.59. The van der Waals surface area contributed by atoms with E-state index in [1.165, 1.54) is 12.1 Å². The van der Waals surface area contributed by atoms with E-state index in [1.807, 2.05) is 0 Å². The van der Waals surface area contributed by atoms with Gasteiger partial charge in [0.05, 0.1) is 16.1 Å². The number of benzene rings is 1. The van der Waals surface area contributed by atoms with Crippen molar-refractivity contribution in [1.82, 2.24) is 10.2 Å². The molecule has 3 rings (SSSR count). The number of nitrogens with zero attached hydrogens (tertiary/aromatic N) is 1. The summed E-state index contributed by atoms with van der Waals surface area (Å²) in [6.07, 6.45) is 2.34. The minimum Gasteiger partial charge on any atom is -0.356 e. The second-order valence-electron chi connectivity index (χ2n) is 6.59. The number of hydrogen-bond acceptors (Lipinski definition) is 4. The molecule has 2 aliphatic heterocycles. The molecule has 2 aliphatic rings. The van der Waals surface area contributed by atoms with Crippen molar-refractivity contribution in [2.24, 2.45) is 5.41 Å². The van der Waals surface area contributed by atoms with Gasteiger partial charge in [0.15, 0.2) is 9.84 Å². The predicted octanol–water partition coefficient (Wildman–Crippen LogP) is 0.979. The quantitative estimate of drug-likeness (QED) is 0.877. The average Bonchev–Trinajstić information content (AvgIpc) is 3.02. The highest BCUT2D eigenvalue weighted by molar-refractivity contribution is 7.91. The van der Waals surface area contributed by atoms with Crippen molar-refractivity contribution < 1.29 is 18.0 Å². The van der Waals surface area contributed by atoms with E-state index in [1.54, 1.807) is 23.1 Å². The summed E-state index contributed by atoms with van der Waals surface area (Å²) >= 11 is 0. The normalized spacial score (nSPS) is 24.2. The Morgan fingerprint density at radius 2 is 1.96 bits per heavy atom. The summed E-state index contributed by atoms with van der Waals surface area (Å²) in [5, 5.41) is 2.88. The third-order valence-electron chi connectivity index (χ3n) is 4.99. The van der Waals surface area contributed by atoms with Gasteiger partial charge in [-0.3, -0.25) is 9.59 Å². The van der Waals surface area contributed by atoms with Crippen molar-refractivity contribution in [3.8, 4) is 0 Å². The van der Waals surface area contributed by atoms with Gasteiger partial charge in [0.2, 0.25) is 11.8 Å². The smallest absolute Gasteiger partial charge is 0.228 e. The molecule has 2 amide bonds. The number of amides is 2. The molecule has 2 heterocycles. The Morgan fingerprint density at radius 1 is 1.21 bits per heavy atom.